The molecule has 4 nitrogen and oxygen atoms in total. The third-order valence-electron chi connectivity index (χ3n) is 5.36. The first-order valence-corrected chi connectivity index (χ1v) is 10.3. The van der Waals surface area contributed by atoms with Crippen molar-refractivity contribution in [2.24, 2.45) is 0 Å². The molecule has 0 bridgehead atoms. The molecule has 6 heteroatoms. The van der Waals surface area contributed by atoms with Gasteiger partial charge in [0.1, 0.15) is 11.6 Å². The van der Waals surface area contributed by atoms with Crippen molar-refractivity contribution in [1.29, 1.82) is 0 Å². The van der Waals surface area contributed by atoms with Crippen molar-refractivity contribution in [2.45, 2.75) is 0 Å². The molecule has 0 radical (unpaired) electrons. The lowest BCUT2D eigenvalue weighted by Gasteiger charge is -2.18. The molecule has 0 fully saturated rings. The van der Waals surface area contributed by atoms with E-state index in [4.69, 9.17) is 0 Å². The van der Waals surface area contributed by atoms with Crippen molar-refractivity contribution in [3.8, 4) is 0 Å². The van der Waals surface area contributed by atoms with E-state index in [1.165, 1.54) is 48.5 Å². The van der Waals surface area contributed by atoms with Gasteiger partial charge in [0.25, 0.3) is 0 Å². The van der Waals surface area contributed by atoms with E-state index in [9.17, 15) is 28.6 Å². The van der Waals surface area contributed by atoms with Crippen LogP contribution in [0.5, 0.6) is 0 Å². The van der Waals surface area contributed by atoms with E-state index in [-0.39, 0.29) is 11.1 Å². The van der Waals surface area contributed by atoms with E-state index in [0.29, 0.717) is 33.4 Å². The zero-order valence-corrected chi connectivity index (χ0v) is 17.7. The van der Waals surface area contributed by atoms with Crippen LogP contribution in [0.15, 0.2) is 97.1 Å². The molecule has 0 spiro atoms. The Kier molecular flexibility index (Phi) is 6.32. The molecule has 168 valence electrons. The Hall–Kier alpha value is -4.58. The highest BCUT2D eigenvalue weighted by Gasteiger charge is 2.18. The number of rotatable bonds is 6. The minimum Gasteiger partial charge on any atom is -0.478 e. The average molecular weight is 456 g/mol. The maximum Gasteiger partial charge on any atom is 0.335 e. The van der Waals surface area contributed by atoms with Crippen LogP contribution < -0.4 is 0 Å². The van der Waals surface area contributed by atoms with Gasteiger partial charge < -0.3 is 10.2 Å². The Morgan fingerprint density at radius 3 is 0.853 bits per heavy atom. The summed E-state index contributed by atoms with van der Waals surface area (Å²) in [4.78, 5) is 22.7. The summed E-state index contributed by atoms with van der Waals surface area (Å²) in [6.45, 7) is 0. The number of carboxylic acid groups (broad SMARTS) is 2. The molecule has 4 aromatic rings. The van der Waals surface area contributed by atoms with Gasteiger partial charge in [0.2, 0.25) is 0 Å². The second-order valence-electron chi connectivity index (χ2n) is 7.53. The molecule has 34 heavy (non-hydrogen) atoms. The van der Waals surface area contributed by atoms with Gasteiger partial charge in [0.15, 0.2) is 0 Å². The summed E-state index contributed by atoms with van der Waals surface area (Å²) in [6.07, 6.45) is 0. The van der Waals surface area contributed by atoms with Gasteiger partial charge in [0.05, 0.1) is 11.1 Å². The van der Waals surface area contributed by atoms with Crippen molar-refractivity contribution in [1.82, 2.24) is 0 Å². The second kappa shape index (κ2) is 9.50. The third kappa shape index (κ3) is 4.76. The third-order valence-corrected chi connectivity index (χ3v) is 5.36. The molecule has 0 saturated carbocycles. The Balaban J connectivity index is 2.05. The van der Waals surface area contributed by atoms with E-state index in [2.05, 4.69) is 0 Å². The largest absolute Gasteiger partial charge is 0.478 e. The molecule has 4 rings (SSSR count). The van der Waals surface area contributed by atoms with Gasteiger partial charge in [-0.15, -0.1) is 0 Å². The first-order chi connectivity index (χ1) is 16.3. The summed E-state index contributed by atoms with van der Waals surface area (Å²) in [6, 6.07) is 24.2. The summed E-state index contributed by atoms with van der Waals surface area (Å²) < 4.78 is 27.5. The number of carbonyl (C=O) groups is 2. The van der Waals surface area contributed by atoms with Crippen LogP contribution in [-0.4, -0.2) is 22.2 Å². The number of halogens is 2. The highest BCUT2D eigenvalue weighted by Crippen LogP contribution is 2.37. The van der Waals surface area contributed by atoms with Crippen molar-refractivity contribution in [2.75, 3.05) is 0 Å². The standard InChI is InChI=1S/C28H18F2O4/c29-23-13-9-19(10-14-23)25(17-1-5-21(6-2-17)27(31)32)26(20-11-15-24(30)16-12-20)18-3-7-22(8-4-18)28(33)34/h1-16H,(H,31,32)(H,33,34)/b26-25+. The smallest absolute Gasteiger partial charge is 0.335 e. The van der Waals surface area contributed by atoms with Gasteiger partial charge >= 0.3 is 11.9 Å². The van der Waals surface area contributed by atoms with E-state index in [1.54, 1.807) is 48.5 Å². The predicted octanol–water partition coefficient (Wildman–Crippen LogP) is 6.37. The number of carboxylic acids is 2. The quantitative estimate of drug-likeness (QED) is 0.331. The molecule has 0 heterocycles. The molecule has 0 aliphatic heterocycles. The summed E-state index contributed by atoms with van der Waals surface area (Å²) in [7, 11) is 0. The second-order valence-corrected chi connectivity index (χ2v) is 7.53. The number of hydrogen-bond donors (Lipinski definition) is 2. The maximum atomic E-state index is 13.7. The molecule has 0 saturated heterocycles. The fourth-order valence-electron chi connectivity index (χ4n) is 3.70. The molecule has 0 atom stereocenters. The van der Waals surface area contributed by atoms with Crippen LogP contribution in [0.3, 0.4) is 0 Å². The molecule has 0 aliphatic carbocycles. The molecule has 0 aliphatic rings. The monoisotopic (exact) mass is 456 g/mol. The maximum absolute atomic E-state index is 13.7. The van der Waals surface area contributed by atoms with Crippen molar-refractivity contribution in [3.63, 3.8) is 0 Å². The molecule has 2 N–H and O–H groups in total. The number of aromatic carboxylic acids is 2. The summed E-state index contributed by atoms with van der Waals surface area (Å²) >= 11 is 0. The Labute approximate surface area is 194 Å². The average Bonchev–Trinajstić information content (AvgIpc) is 2.84. The van der Waals surface area contributed by atoms with Gasteiger partial charge in [-0.1, -0.05) is 48.5 Å². The number of hydrogen-bond acceptors (Lipinski definition) is 2. The first-order valence-electron chi connectivity index (χ1n) is 10.3. The fraction of sp³-hybridized carbons (Fsp3) is 0. The van der Waals surface area contributed by atoms with Crippen LogP contribution in [-0.2, 0) is 0 Å². The van der Waals surface area contributed by atoms with Gasteiger partial charge in [-0.2, -0.15) is 0 Å². The zero-order valence-electron chi connectivity index (χ0n) is 17.7. The van der Waals surface area contributed by atoms with Gasteiger partial charge in [0, 0.05) is 0 Å². The first kappa shape index (κ1) is 22.6. The summed E-state index contributed by atoms with van der Waals surface area (Å²) in [5, 5.41) is 18.6. The van der Waals surface area contributed by atoms with Crippen LogP contribution in [0.4, 0.5) is 8.78 Å². The predicted molar refractivity (Wildman–Crippen MR) is 125 cm³/mol. The Morgan fingerprint density at radius 1 is 0.412 bits per heavy atom. The molecular formula is C28H18F2O4. The van der Waals surface area contributed by atoms with Crippen molar-refractivity contribution >= 4 is 23.1 Å². The van der Waals surface area contributed by atoms with Crippen LogP contribution in [0, 0.1) is 11.6 Å². The normalized spacial score (nSPS) is 11.6. The highest BCUT2D eigenvalue weighted by atomic mass is 19.1. The fourth-order valence-corrected chi connectivity index (χ4v) is 3.70. The zero-order chi connectivity index (χ0) is 24.2. The van der Waals surface area contributed by atoms with Crippen molar-refractivity contribution in [3.05, 3.63) is 142 Å². The molecular weight excluding hydrogens is 438 g/mol. The highest BCUT2D eigenvalue weighted by molar-refractivity contribution is 6.05. The topological polar surface area (TPSA) is 74.6 Å². The lowest BCUT2D eigenvalue weighted by atomic mass is 9.85. The Bertz CT molecular complexity index is 1260. The molecule has 4 aromatic carbocycles. The van der Waals surface area contributed by atoms with Crippen molar-refractivity contribution < 1.29 is 28.6 Å². The van der Waals surface area contributed by atoms with Crippen LogP contribution in [0.1, 0.15) is 43.0 Å². The van der Waals surface area contributed by atoms with E-state index >= 15 is 0 Å². The van der Waals surface area contributed by atoms with Crippen LogP contribution >= 0.6 is 0 Å². The number of benzene rings is 4. The van der Waals surface area contributed by atoms with Gasteiger partial charge in [-0.25, -0.2) is 18.4 Å². The molecule has 0 unspecified atom stereocenters. The summed E-state index contributed by atoms with van der Waals surface area (Å²) in [5.74, 6) is -2.97. The van der Waals surface area contributed by atoms with Crippen LogP contribution in [0.2, 0.25) is 0 Å². The molecule has 0 aromatic heterocycles. The van der Waals surface area contributed by atoms with Crippen LogP contribution in [0.25, 0.3) is 11.1 Å². The van der Waals surface area contributed by atoms with Gasteiger partial charge in [-0.3, -0.25) is 0 Å². The van der Waals surface area contributed by atoms with E-state index in [1.807, 2.05) is 0 Å². The molecule has 0 amide bonds. The van der Waals surface area contributed by atoms with Gasteiger partial charge in [-0.05, 0) is 81.9 Å². The SMILES string of the molecule is O=C(O)c1ccc(/C(=C(\c2ccc(F)cc2)c2ccc(C(=O)O)cc2)c2ccc(F)cc2)cc1. The minimum atomic E-state index is -1.07. The Morgan fingerprint density at radius 2 is 0.618 bits per heavy atom. The van der Waals surface area contributed by atoms with E-state index < -0.39 is 23.6 Å². The lowest BCUT2D eigenvalue weighted by Crippen LogP contribution is -2.01. The van der Waals surface area contributed by atoms with E-state index in [0.717, 1.165) is 0 Å². The summed E-state index contributed by atoms with van der Waals surface area (Å²) in [5.41, 5.74) is 4.10. The minimum absolute atomic E-state index is 0.108. The lowest BCUT2D eigenvalue weighted by molar-refractivity contribution is 0.0686.